The van der Waals surface area contributed by atoms with Crippen LogP contribution in [0.25, 0.3) is 0 Å². The molecule has 168 valence electrons. The molecule has 0 aromatic heterocycles. The maximum absolute atomic E-state index is 9.10. The summed E-state index contributed by atoms with van der Waals surface area (Å²) in [5, 5.41) is 14.8. The molecule has 1 saturated heterocycles. The van der Waals surface area contributed by atoms with Crippen LogP contribution in [0.5, 0.6) is 11.5 Å². The van der Waals surface area contributed by atoms with E-state index in [0.29, 0.717) is 0 Å². The van der Waals surface area contributed by atoms with Crippen molar-refractivity contribution in [2.45, 2.75) is 20.0 Å². The van der Waals surface area contributed by atoms with Crippen molar-refractivity contribution < 1.29 is 29.3 Å². The molecule has 2 N–H and O–H groups in total. The number of benzene rings is 2. The molecular formula is C23H30N2O6. The number of rotatable bonds is 6. The van der Waals surface area contributed by atoms with Gasteiger partial charge in [-0.05, 0) is 30.2 Å². The van der Waals surface area contributed by atoms with Gasteiger partial charge in [0.1, 0.15) is 0 Å². The Morgan fingerprint density at radius 3 is 1.68 bits per heavy atom. The molecule has 0 amide bonds. The number of carboxylic acid groups (broad SMARTS) is 2. The van der Waals surface area contributed by atoms with Gasteiger partial charge in [-0.15, -0.1) is 0 Å². The van der Waals surface area contributed by atoms with Gasteiger partial charge in [0.25, 0.3) is 0 Å². The number of nitrogens with zero attached hydrogens (tertiary/aromatic N) is 2. The van der Waals surface area contributed by atoms with Crippen molar-refractivity contribution >= 4 is 11.9 Å². The Bertz CT molecular complexity index is 849. The van der Waals surface area contributed by atoms with E-state index in [1.165, 1.54) is 16.7 Å². The van der Waals surface area contributed by atoms with Crippen LogP contribution < -0.4 is 9.47 Å². The average molecular weight is 431 g/mol. The summed E-state index contributed by atoms with van der Waals surface area (Å²) in [6, 6.07) is 15.1. The molecule has 1 heterocycles. The predicted octanol–water partition coefficient (Wildman–Crippen LogP) is 2.49. The summed E-state index contributed by atoms with van der Waals surface area (Å²) >= 11 is 0. The molecule has 0 spiro atoms. The fourth-order valence-corrected chi connectivity index (χ4v) is 3.29. The van der Waals surface area contributed by atoms with Crippen LogP contribution in [-0.4, -0.2) is 72.4 Å². The van der Waals surface area contributed by atoms with Gasteiger partial charge in [-0.25, -0.2) is 9.59 Å². The summed E-state index contributed by atoms with van der Waals surface area (Å²) in [6.07, 6.45) is 0. The highest BCUT2D eigenvalue weighted by Crippen LogP contribution is 2.28. The van der Waals surface area contributed by atoms with Gasteiger partial charge in [-0.3, -0.25) is 9.80 Å². The van der Waals surface area contributed by atoms with Crippen molar-refractivity contribution in [1.29, 1.82) is 0 Å². The minimum absolute atomic E-state index is 0.786. The van der Waals surface area contributed by atoms with Crippen LogP contribution in [0.2, 0.25) is 0 Å². The van der Waals surface area contributed by atoms with Crippen molar-refractivity contribution in [2.24, 2.45) is 0 Å². The van der Waals surface area contributed by atoms with Crippen LogP contribution in [0, 0.1) is 6.92 Å². The molecule has 1 fully saturated rings. The van der Waals surface area contributed by atoms with Gasteiger partial charge in [-0.1, -0.05) is 35.9 Å². The number of carboxylic acids is 2. The molecule has 0 unspecified atom stereocenters. The van der Waals surface area contributed by atoms with Crippen molar-refractivity contribution in [1.82, 2.24) is 9.80 Å². The summed E-state index contributed by atoms with van der Waals surface area (Å²) in [5.74, 6) is -2.06. The van der Waals surface area contributed by atoms with E-state index < -0.39 is 11.9 Å². The van der Waals surface area contributed by atoms with Crippen LogP contribution in [0.3, 0.4) is 0 Å². The van der Waals surface area contributed by atoms with E-state index in [9.17, 15) is 0 Å². The zero-order valence-corrected chi connectivity index (χ0v) is 18.2. The number of hydrogen-bond acceptors (Lipinski definition) is 6. The molecule has 3 rings (SSSR count). The lowest BCUT2D eigenvalue weighted by Gasteiger charge is -2.34. The molecule has 8 nitrogen and oxygen atoms in total. The Morgan fingerprint density at radius 1 is 0.774 bits per heavy atom. The molecule has 8 heteroatoms. The Morgan fingerprint density at radius 2 is 1.23 bits per heavy atom. The van der Waals surface area contributed by atoms with Crippen LogP contribution in [0.1, 0.15) is 16.7 Å². The third-order valence-corrected chi connectivity index (χ3v) is 5.03. The number of methoxy groups -OCH3 is 2. The summed E-state index contributed by atoms with van der Waals surface area (Å²) in [5.41, 5.74) is 3.99. The van der Waals surface area contributed by atoms with Gasteiger partial charge in [0.15, 0.2) is 11.5 Å². The zero-order valence-electron chi connectivity index (χ0n) is 18.2. The van der Waals surface area contributed by atoms with Gasteiger partial charge in [0.05, 0.1) is 14.2 Å². The first-order chi connectivity index (χ1) is 14.8. The Balaban J connectivity index is 0.000000501. The summed E-state index contributed by atoms with van der Waals surface area (Å²) < 4.78 is 10.7. The van der Waals surface area contributed by atoms with E-state index in [1.54, 1.807) is 14.2 Å². The first-order valence-corrected chi connectivity index (χ1v) is 9.99. The number of hydrogen-bond donors (Lipinski definition) is 2. The van der Waals surface area contributed by atoms with Crippen LogP contribution in [0.4, 0.5) is 0 Å². The van der Waals surface area contributed by atoms with Crippen LogP contribution >= 0.6 is 0 Å². The first-order valence-electron chi connectivity index (χ1n) is 9.99. The quantitative estimate of drug-likeness (QED) is 0.675. The fraction of sp³-hybridized carbons (Fsp3) is 0.391. The first kappa shape index (κ1) is 24.2. The van der Waals surface area contributed by atoms with Crippen molar-refractivity contribution in [3.05, 3.63) is 59.2 Å². The third kappa shape index (κ3) is 7.92. The highest BCUT2D eigenvalue weighted by Gasteiger charge is 2.17. The van der Waals surface area contributed by atoms with E-state index in [4.69, 9.17) is 29.3 Å². The van der Waals surface area contributed by atoms with E-state index in [2.05, 4.69) is 53.1 Å². The Hall–Kier alpha value is -3.10. The average Bonchev–Trinajstić information content (AvgIpc) is 2.77. The fourth-order valence-electron chi connectivity index (χ4n) is 3.29. The standard InChI is InChI=1S/C21H28N2O2.C2H2O4/c1-17-4-6-18(7-5-17)15-22-10-12-23(13-11-22)16-19-8-9-20(24-2)21(14-19)25-3;3-1(4)2(5)6/h4-9,14H,10-13,15-16H2,1-3H3;(H,3,4)(H,5,6). The monoisotopic (exact) mass is 430 g/mol. The number of aliphatic carboxylic acids is 2. The minimum atomic E-state index is -1.82. The molecule has 0 aliphatic carbocycles. The smallest absolute Gasteiger partial charge is 0.414 e. The summed E-state index contributed by atoms with van der Waals surface area (Å²) in [7, 11) is 3.36. The molecule has 1 aliphatic heterocycles. The van der Waals surface area contributed by atoms with Gasteiger partial charge in [0, 0.05) is 39.3 Å². The number of carbonyl (C=O) groups is 2. The lowest BCUT2D eigenvalue weighted by Crippen LogP contribution is -2.45. The number of piperazine rings is 1. The second kappa shape index (κ2) is 11.9. The van der Waals surface area contributed by atoms with Crippen LogP contribution in [0.15, 0.2) is 42.5 Å². The maximum Gasteiger partial charge on any atom is 0.414 e. The molecule has 0 radical (unpaired) electrons. The van der Waals surface area contributed by atoms with Crippen molar-refractivity contribution in [3.63, 3.8) is 0 Å². The second-order valence-corrected chi connectivity index (χ2v) is 7.34. The topological polar surface area (TPSA) is 99.5 Å². The molecular weight excluding hydrogens is 400 g/mol. The van der Waals surface area contributed by atoms with E-state index in [0.717, 1.165) is 50.8 Å². The third-order valence-electron chi connectivity index (χ3n) is 5.03. The zero-order chi connectivity index (χ0) is 22.8. The Labute approximate surface area is 182 Å². The van der Waals surface area contributed by atoms with Crippen molar-refractivity contribution in [2.75, 3.05) is 40.4 Å². The molecule has 31 heavy (non-hydrogen) atoms. The molecule has 2 aromatic rings. The molecule has 0 bridgehead atoms. The van der Waals surface area contributed by atoms with E-state index >= 15 is 0 Å². The summed E-state index contributed by atoms with van der Waals surface area (Å²) in [6.45, 7) is 8.56. The highest BCUT2D eigenvalue weighted by atomic mass is 16.5. The maximum atomic E-state index is 9.10. The van der Waals surface area contributed by atoms with Gasteiger partial charge in [-0.2, -0.15) is 0 Å². The molecule has 1 aliphatic rings. The normalized spacial score (nSPS) is 14.3. The van der Waals surface area contributed by atoms with E-state index in [1.807, 2.05) is 6.07 Å². The highest BCUT2D eigenvalue weighted by molar-refractivity contribution is 6.27. The second-order valence-electron chi connectivity index (χ2n) is 7.34. The molecule has 0 saturated carbocycles. The SMILES string of the molecule is COc1ccc(CN2CCN(Cc3ccc(C)cc3)CC2)cc1OC.O=C(O)C(=O)O. The largest absolute Gasteiger partial charge is 0.493 e. The lowest BCUT2D eigenvalue weighted by molar-refractivity contribution is -0.159. The van der Waals surface area contributed by atoms with Gasteiger partial charge >= 0.3 is 11.9 Å². The van der Waals surface area contributed by atoms with E-state index in [-0.39, 0.29) is 0 Å². The molecule has 0 atom stereocenters. The minimum Gasteiger partial charge on any atom is -0.493 e. The molecule has 2 aromatic carbocycles. The number of aryl methyl sites for hydroxylation is 1. The van der Waals surface area contributed by atoms with Gasteiger partial charge in [0.2, 0.25) is 0 Å². The van der Waals surface area contributed by atoms with Gasteiger partial charge < -0.3 is 19.7 Å². The lowest BCUT2D eigenvalue weighted by atomic mass is 10.1. The number of ether oxygens (including phenoxy) is 2. The Kier molecular flexibility index (Phi) is 9.30. The van der Waals surface area contributed by atoms with Crippen LogP contribution in [-0.2, 0) is 22.7 Å². The van der Waals surface area contributed by atoms with Crippen molar-refractivity contribution in [3.8, 4) is 11.5 Å². The summed E-state index contributed by atoms with van der Waals surface area (Å²) in [4.78, 5) is 23.2. The predicted molar refractivity (Wildman–Crippen MR) is 117 cm³/mol.